The number of allylic oxidation sites excluding steroid dienone is 4. The Morgan fingerprint density at radius 1 is 0.556 bits per heavy atom. The number of carbonyl (C=O) groups excluding carboxylic acids is 2. The molecule has 0 aliphatic rings. The van der Waals surface area contributed by atoms with Crippen molar-refractivity contribution in [1.29, 1.82) is 0 Å². The summed E-state index contributed by atoms with van der Waals surface area (Å²) in [6.45, 7) is 3.49. The van der Waals surface area contributed by atoms with Gasteiger partial charge in [-0.15, -0.1) is 0 Å². The molecule has 0 spiro atoms. The Balaban J connectivity index is 3.53. The number of nitrogens with one attached hydrogen (secondary N) is 1. The number of phosphoric acid groups is 1. The van der Waals surface area contributed by atoms with Crippen molar-refractivity contribution in [3.8, 4) is 0 Å². The molecule has 0 radical (unpaired) electrons. The fourth-order valence-electron chi connectivity index (χ4n) is 6.20. The Hall–Kier alpha value is -1.51. The van der Waals surface area contributed by atoms with Crippen LogP contribution in [0.2, 0.25) is 0 Å². The summed E-state index contributed by atoms with van der Waals surface area (Å²) in [4.78, 5) is 33.8. The molecule has 0 saturated carbocycles. The van der Waals surface area contributed by atoms with Crippen molar-refractivity contribution in [1.82, 2.24) is 5.32 Å². The highest BCUT2D eigenvalue weighted by atomic mass is 31.2. The minimum atomic E-state index is -4.41. The molecule has 0 aliphatic carbocycles. The third-order valence-electron chi connectivity index (χ3n) is 9.58. The van der Waals surface area contributed by atoms with Gasteiger partial charge in [-0.3, -0.25) is 18.6 Å². The van der Waals surface area contributed by atoms with Gasteiger partial charge in [0.2, 0.25) is 5.91 Å². The smallest absolute Gasteiger partial charge is 0.463 e. The van der Waals surface area contributed by atoms with Crippen molar-refractivity contribution in [2.45, 2.75) is 219 Å². The van der Waals surface area contributed by atoms with Crippen LogP contribution in [-0.2, 0) is 27.9 Å². The van der Waals surface area contributed by atoms with E-state index in [0.29, 0.717) is 6.42 Å². The standard InChI is InChI=1S/C44H84NO8P/c1-3-5-7-9-11-13-15-16-17-18-19-20-21-22-23-24-25-26-27-29-31-33-35-37-44(48)51-40-42(46)41-53-54(49,50)52-39-38-45-43(47)36-34-32-30-28-14-12-10-8-6-4-2/h8,10,16-17,42,46H,3-7,9,11-15,18-41H2,1-2H3,(H,45,47)(H,49,50)/b10-8-,17-16+. The molecule has 0 rings (SSSR count). The number of hydrogen-bond acceptors (Lipinski definition) is 7. The van der Waals surface area contributed by atoms with Crippen LogP contribution in [0, 0.1) is 0 Å². The lowest BCUT2D eigenvalue weighted by atomic mass is 10.0. The maximum Gasteiger partial charge on any atom is 0.472 e. The molecule has 9 nitrogen and oxygen atoms in total. The molecule has 2 unspecified atom stereocenters. The normalized spacial score (nSPS) is 13.5. The summed E-state index contributed by atoms with van der Waals surface area (Å²) in [5.41, 5.74) is 0. The highest BCUT2D eigenvalue weighted by Crippen LogP contribution is 2.42. The summed E-state index contributed by atoms with van der Waals surface area (Å²) in [6, 6.07) is 0. The fourth-order valence-corrected chi connectivity index (χ4v) is 6.96. The number of aliphatic hydroxyl groups excluding tert-OH is 1. The molecule has 0 saturated heterocycles. The lowest BCUT2D eigenvalue weighted by molar-refractivity contribution is -0.147. The van der Waals surface area contributed by atoms with Gasteiger partial charge in [-0.25, -0.2) is 4.57 Å². The zero-order chi connectivity index (χ0) is 39.6. The van der Waals surface area contributed by atoms with E-state index in [-0.39, 0.29) is 32.1 Å². The second-order valence-electron chi connectivity index (χ2n) is 15.0. The van der Waals surface area contributed by atoms with Crippen LogP contribution in [0.1, 0.15) is 213 Å². The number of amides is 1. The molecule has 318 valence electrons. The van der Waals surface area contributed by atoms with Crippen LogP contribution in [0.25, 0.3) is 0 Å². The minimum absolute atomic E-state index is 0.0785. The molecule has 3 N–H and O–H groups in total. The quantitative estimate of drug-likeness (QED) is 0.0241. The Bertz CT molecular complexity index is 944. The van der Waals surface area contributed by atoms with Crippen molar-refractivity contribution in [2.75, 3.05) is 26.4 Å². The van der Waals surface area contributed by atoms with Gasteiger partial charge in [0.05, 0.1) is 13.2 Å². The lowest BCUT2D eigenvalue weighted by Crippen LogP contribution is -2.27. The van der Waals surface area contributed by atoms with Crippen LogP contribution >= 0.6 is 7.82 Å². The van der Waals surface area contributed by atoms with Gasteiger partial charge in [-0.1, -0.05) is 167 Å². The van der Waals surface area contributed by atoms with E-state index in [0.717, 1.165) is 57.8 Å². The van der Waals surface area contributed by atoms with Crippen LogP contribution in [0.3, 0.4) is 0 Å². The fraction of sp³-hybridized carbons (Fsp3) is 0.864. The number of phosphoric ester groups is 1. The number of carbonyl (C=O) groups is 2. The SMILES string of the molecule is CCC/C=C\CCCCCCCC(=O)NCCOP(=O)(O)OCC(O)COC(=O)CCCCCCCCCCCCCCC/C=C/CCCCCCCC. The molecule has 2 atom stereocenters. The van der Waals surface area contributed by atoms with Gasteiger partial charge in [0.1, 0.15) is 12.7 Å². The molecule has 0 aromatic rings. The Morgan fingerprint density at radius 2 is 0.981 bits per heavy atom. The van der Waals surface area contributed by atoms with Gasteiger partial charge in [0, 0.05) is 19.4 Å². The van der Waals surface area contributed by atoms with E-state index in [1.54, 1.807) is 0 Å². The van der Waals surface area contributed by atoms with E-state index in [2.05, 4.69) is 43.5 Å². The molecule has 1 amide bonds. The molecule has 0 aromatic heterocycles. The molecular weight excluding hydrogens is 701 g/mol. The first-order valence-corrected chi connectivity index (χ1v) is 23.8. The van der Waals surface area contributed by atoms with E-state index >= 15 is 0 Å². The molecule has 0 aromatic carbocycles. The summed E-state index contributed by atoms with van der Waals surface area (Å²) >= 11 is 0. The van der Waals surface area contributed by atoms with Crippen LogP contribution in [0.4, 0.5) is 0 Å². The number of aliphatic hydroxyl groups is 1. The largest absolute Gasteiger partial charge is 0.472 e. The predicted molar refractivity (Wildman–Crippen MR) is 224 cm³/mol. The second kappa shape index (κ2) is 41.1. The third-order valence-corrected chi connectivity index (χ3v) is 10.6. The minimum Gasteiger partial charge on any atom is -0.463 e. The van der Waals surface area contributed by atoms with Crippen LogP contribution < -0.4 is 5.32 Å². The molecular formula is C44H84NO8P. The average Bonchev–Trinajstić information content (AvgIpc) is 3.16. The highest BCUT2D eigenvalue weighted by Gasteiger charge is 2.23. The van der Waals surface area contributed by atoms with Gasteiger partial charge >= 0.3 is 13.8 Å². The molecule has 0 fully saturated rings. The highest BCUT2D eigenvalue weighted by molar-refractivity contribution is 7.47. The maximum atomic E-state index is 12.1. The molecule has 0 bridgehead atoms. The summed E-state index contributed by atoms with van der Waals surface area (Å²) < 4.78 is 26.8. The predicted octanol–water partition coefficient (Wildman–Crippen LogP) is 12.4. The van der Waals surface area contributed by atoms with Crippen LogP contribution in [0.5, 0.6) is 0 Å². The van der Waals surface area contributed by atoms with Crippen LogP contribution in [0.15, 0.2) is 24.3 Å². The second-order valence-corrected chi connectivity index (χ2v) is 16.5. The molecule has 10 heteroatoms. The first-order valence-electron chi connectivity index (χ1n) is 22.3. The lowest BCUT2D eigenvalue weighted by Gasteiger charge is -2.15. The first-order chi connectivity index (χ1) is 26.3. The van der Waals surface area contributed by atoms with Crippen molar-refractivity contribution in [3.63, 3.8) is 0 Å². The van der Waals surface area contributed by atoms with E-state index in [1.807, 2.05) is 0 Å². The number of ether oxygens (including phenoxy) is 1. The number of rotatable bonds is 42. The number of unbranched alkanes of at least 4 members (excludes halogenated alkanes) is 25. The number of hydrogen-bond donors (Lipinski definition) is 3. The van der Waals surface area contributed by atoms with Gasteiger partial charge in [-0.2, -0.15) is 0 Å². The van der Waals surface area contributed by atoms with Crippen molar-refractivity contribution in [2.24, 2.45) is 0 Å². The Morgan fingerprint density at radius 3 is 1.46 bits per heavy atom. The van der Waals surface area contributed by atoms with Crippen LogP contribution in [-0.4, -0.2) is 54.3 Å². The van der Waals surface area contributed by atoms with Crippen molar-refractivity contribution in [3.05, 3.63) is 24.3 Å². The summed E-state index contributed by atoms with van der Waals surface area (Å²) in [6.07, 6.45) is 44.1. The van der Waals surface area contributed by atoms with E-state index in [1.165, 1.54) is 128 Å². The zero-order valence-corrected chi connectivity index (χ0v) is 35.8. The topological polar surface area (TPSA) is 131 Å². The van der Waals surface area contributed by atoms with Gasteiger partial charge < -0.3 is 20.1 Å². The first kappa shape index (κ1) is 52.5. The van der Waals surface area contributed by atoms with Gasteiger partial charge in [-0.05, 0) is 57.8 Å². The Kier molecular flexibility index (Phi) is 40.0. The molecule has 54 heavy (non-hydrogen) atoms. The summed E-state index contributed by atoms with van der Waals surface area (Å²) in [5.74, 6) is -0.523. The van der Waals surface area contributed by atoms with Crippen molar-refractivity contribution < 1.29 is 37.9 Å². The monoisotopic (exact) mass is 786 g/mol. The average molecular weight is 786 g/mol. The summed E-state index contributed by atoms with van der Waals surface area (Å²) in [5, 5.41) is 12.7. The third kappa shape index (κ3) is 41.6. The van der Waals surface area contributed by atoms with Crippen molar-refractivity contribution >= 4 is 19.7 Å². The molecule has 0 heterocycles. The molecule has 0 aliphatic heterocycles. The number of esters is 1. The van der Waals surface area contributed by atoms with E-state index in [9.17, 15) is 24.2 Å². The maximum absolute atomic E-state index is 12.1. The van der Waals surface area contributed by atoms with E-state index < -0.39 is 26.5 Å². The Labute approximate surface area is 331 Å². The summed E-state index contributed by atoms with van der Waals surface area (Å²) in [7, 11) is -4.41. The van der Waals surface area contributed by atoms with Gasteiger partial charge in [0.15, 0.2) is 0 Å². The van der Waals surface area contributed by atoms with E-state index in [4.69, 9.17) is 13.8 Å². The van der Waals surface area contributed by atoms with Gasteiger partial charge in [0.25, 0.3) is 0 Å². The zero-order valence-electron chi connectivity index (χ0n) is 34.9.